The minimum atomic E-state index is -0.536. The number of primary amides is 1. The first-order valence-corrected chi connectivity index (χ1v) is 9.47. The Kier molecular flexibility index (Phi) is 5.68. The van der Waals surface area contributed by atoms with Crippen molar-refractivity contribution < 1.29 is 19.1 Å². The Labute approximate surface area is 159 Å². The van der Waals surface area contributed by atoms with Crippen molar-refractivity contribution in [2.75, 3.05) is 19.7 Å². The van der Waals surface area contributed by atoms with Crippen molar-refractivity contribution in [2.24, 2.45) is 11.7 Å². The van der Waals surface area contributed by atoms with Crippen molar-refractivity contribution in [3.8, 4) is 0 Å². The Hall–Kier alpha value is -2.57. The first-order valence-electron chi connectivity index (χ1n) is 9.47. The molecule has 27 heavy (non-hydrogen) atoms. The van der Waals surface area contributed by atoms with Gasteiger partial charge in [0.25, 0.3) is 5.91 Å². The van der Waals surface area contributed by atoms with Crippen LogP contribution in [0.1, 0.15) is 48.7 Å². The predicted octanol–water partition coefficient (Wildman–Crippen LogP) is 1.72. The normalized spacial score (nSPS) is 18.1. The fourth-order valence-electron chi connectivity index (χ4n) is 3.71. The minimum absolute atomic E-state index is 0.172. The summed E-state index contributed by atoms with van der Waals surface area (Å²) in [5.74, 6) is -1.27. The average Bonchev–Trinajstić information content (AvgIpc) is 3.43. The molecule has 7 heteroatoms. The summed E-state index contributed by atoms with van der Waals surface area (Å²) in [6, 6.07) is 2.65. The lowest BCUT2D eigenvalue weighted by Gasteiger charge is -2.30. The zero-order valence-corrected chi connectivity index (χ0v) is 15.9. The second-order valence-corrected chi connectivity index (χ2v) is 7.43. The smallest absolute Gasteiger partial charge is 0.331 e. The van der Waals surface area contributed by atoms with Crippen LogP contribution in [0.3, 0.4) is 0 Å². The van der Waals surface area contributed by atoms with Gasteiger partial charge in [-0.2, -0.15) is 0 Å². The molecule has 1 aromatic rings. The van der Waals surface area contributed by atoms with Crippen LogP contribution in [-0.2, 0) is 19.1 Å². The van der Waals surface area contributed by atoms with Crippen molar-refractivity contribution in [1.29, 1.82) is 0 Å². The van der Waals surface area contributed by atoms with Gasteiger partial charge in [0.05, 0.1) is 0 Å². The fraction of sp³-hybridized carbons (Fsp3) is 0.550. The van der Waals surface area contributed by atoms with Gasteiger partial charge in [-0.3, -0.25) is 9.59 Å². The third-order valence-corrected chi connectivity index (χ3v) is 5.42. The molecular weight excluding hydrogens is 346 g/mol. The molecule has 0 atom stereocenters. The lowest BCUT2D eigenvalue weighted by Crippen LogP contribution is -2.43. The Morgan fingerprint density at radius 3 is 2.44 bits per heavy atom. The highest BCUT2D eigenvalue weighted by Gasteiger charge is 2.27. The van der Waals surface area contributed by atoms with E-state index in [1.54, 1.807) is 11.0 Å². The molecule has 2 aliphatic rings. The molecule has 1 saturated heterocycles. The Balaban J connectivity index is 1.47. The van der Waals surface area contributed by atoms with Gasteiger partial charge in [-0.25, -0.2) is 4.79 Å². The van der Waals surface area contributed by atoms with Crippen LogP contribution < -0.4 is 5.73 Å². The molecule has 146 valence electrons. The van der Waals surface area contributed by atoms with Crippen molar-refractivity contribution in [1.82, 2.24) is 9.47 Å². The lowest BCUT2D eigenvalue weighted by molar-refractivity contribution is -0.149. The Morgan fingerprint density at radius 2 is 1.85 bits per heavy atom. The molecule has 2 amide bonds. The maximum atomic E-state index is 12.1. The molecule has 0 spiro atoms. The number of amides is 2. The number of hydrogen-bond acceptors (Lipinski definition) is 4. The van der Waals surface area contributed by atoms with E-state index >= 15 is 0 Å². The van der Waals surface area contributed by atoms with Gasteiger partial charge in [-0.15, -0.1) is 0 Å². The van der Waals surface area contributed by atoms with Gasteiger partial charge in [-0.1, -0.05) is 0 Å². The first-order chi connectivity index (χ1) is 12.9. The van der Waals surface area contributed by atoms with Gasteiger partial charge in [0.1, 0.15) is 0 Å². The SMILES string of the molecule is Cc1cc(/C=C/C(=O)OCC(=O)N2CCC(C(N)=O)CC2)c(C)n1C1CC1. The van der Waals surface area contributed by atoms with E-state index in [0.29, 0.717) is 32.0 Å². The molecule has 1 aromatic heterocycles. The minimum Gasteiger partial charge on any atom is -0.452 e. The van der Waals surface area contributed by atoms with Gasteiger partial charge >= 0.3 is 5.97 Å². The van der Waals surface area contributed by atoms with E-state index in [4.69, 9.17) is 10.5 Å². The van der Waals surface area contributed by atoms with Gasteiger partial charge in [0, 0.05) is 42.5 Å². The van der Waals surface area contributed by atoms with E-state index in [0.717, 1.165) is 11.3 Å². The van der Waals surface area contributed by atoms with Crippen LogP contribution in [0.4, 0.5) is 0 Å². The number of aromatic nitrogens is 1. The topological polar surface area (TPSA) is 94.6 Å². The molecule has 1 saturated carbocycles. The van der Waals surface area contributed by atoms with Crippen LogP contribution in [0.5, 0.6) is 0 Å². The molecular formula is C20H27N3O4. The molecule has 1 aliphatic carbocycles. The predicted molar refractivity (Wildman–Crippen MR) is 101 cm³/mol. The van der Waals surface area contributed by atoms with Gasteiger partial charge in [-0.05, 0) is 57.2 Å². The number of nitrogens with two attached hydrogens (primary N) is 1. The standard InChI is InChI=1S/C20H27N3O4/c1-13-11-16(14(2)23(13)17-4-5-17)3-6-19(25)27-12-18(24)22-9-7-15(8-10-22)20(21)26/h3,6,11,15,17H,4-5,7-10,12H2,1-2H3,(H2,21,26)/b6-3+. The quantitative estimate of drug-likeness (QED) is 0.607. The van der Waals surface area contributed by atoms with Gasteiger partial charge in [0.15, 0.2) is 6.61 Å². The van der Waals surface area contributed by atoms with Crippen LogP contribution >= 0.6 is 0 Å². The highest BCUT2D eigenvalue weighted by atomic mass is 16.5. The van der Waals surface area contributed by atoms with Crippen molar-refractivity contribution >= 4 is 23.9 Å². The monoisotopic (exact) mass is 373 g/mol. The molecule has 7 nitrogen and oxygen atoms in total. The maximum Gasteiger partial charge on any atom is 0.331 e. The fourth-order valence-corrected chi connectivity index (χ4v) is 3.71. The second-order valence-electron chi connectivity index (χ2n) is 7.43. The molecule has 2 N–H and O–H groups in total. The molecule has 3 rings (SSSR count). The largest absolute Gasteiger partial charge is 0.452 e. The molecule has 1 aliphatic heterocycles. The van der Waals surface area contributed by atoms with E-state index in [9.17, 15) is 14.4 Å². The van der Waals surface area contributed by atoms with Crippen LogP contribution in [-0.4, -0.2) is 46.9 Å². The zero-order valence-electron chi connectivity index (χ0n) is 15.9. The number of likely N-dealkylation sites (tertiary alicyclic amines) is 1. The van der Waals surface area contributed by atoms with Crippen LogP contribution in [0.25, 0.3) is 6.08 Å². The summed E-state index contributed by atoms with van der Waals surface area (Å²) in [6.45, 7) is 4.77. The molecule has 2 heterocycles. The summed E-state index contributed by atoms with van der Waals surface area (Å²) >= 11 is 0. The maximum absolute atomic E-state index is 12.1. The first kappa shape index (κ1) is 19.2. The number of piperidine rings is 1. The van der Waals surface area contributed by atoms with E-state index < -0.39 is 5.97 Å². The summed E-state index contributed by atoms with van der Waals surface area (Å²) in [6.07, 6.45) is 6.65. The van der Waals surface area contributed by atoms with E-state index in [1.165, 1.54) is 24.6 Å². The van der Waals surface area contributed by atoms with Gasteiger partial charge < -0.3 is 19.9 Å². The van der Waals surface area contributed by atoms with E-state index in [1.807, 2.05) is 0 Å². The molecule has 2 fully saturated rings. The average molecular weight is 373 g/mol. The van der Waals surface area contributed by atoms with E-state index in [-0.39, 0.29) is 24.3 Å². The highest BCUT2D eigenvalue weighted by Crippen LogP contribution is 2.38. The van der Waals surface area contributed by atoms with Crippen molar-refractivity contribution in [3.05, 3.63) is 29.1 Å². The Bertz CT molecular complexity index is 768. The molecule has 0 radical (unpaired) electrons. The third-order valence-electron chi connectivity index (χ3n) is 5.42. The van der Waals surface area contributed by atoms with Gasteiger partial charge in [0.2, 0.25) is 5.91 Å². The Morgan fingerprint density at radius 1 is 1.19 bits per heavy atom. The number of ether oxygens (including phenoxy) is 1. The number of esters is 1. The number of rotatable bonds is 6. The summed E-state index contributed by atoms with van der Waals surface area (Å²) in [5, 5.41) is 0. The van der Waals surface area contributed by atoms with Crippen molar-refractivity contribution in [3.63, 3.8) is 0 Å². The number of carbonyl (C=O) groups excluding carboxylic acids is 3. The zero-order chi connectivity index (χ0) is 19.6. The third kappa shape index (κ3) is 4.59. The number of aryl methyl sites for hydroxylation is 1. The molecule has 0 aromatic carbocycles. The second kappa shape index (κ2) is 7.98. The highest BCUT2D eigenvalue weighted by molar-refractivity contribution is 5.89. The molecule has 0 unspecified atom stereocenters. The van der Waals surface area contributed by atoms with Crippen LogP contribution in [0.15, 0.2) is 12.1 Å². The summed E-state index contributed by atoms with van der Waals surface area (Å²) in [7, 11) is 0. The molecule has 0 bridgehead atoms. The van der Waals surface area contributed by atoms with E-state index in [2.05, 4.69) is 24.5 Å². The summed E-state index contributed by atoms with van der Waals surface area (Å²) in [5.41, 5.74) is 8.62. The number of nitrogens with zero attached hydrogens (tertiary/aromatic N) is 2. The van der Waals surface area contributed by atoms with Crippen LogP contribution in [0.2, 0.25) is 0 Å². The van der Waals surface area contributed by atoms with Crippen molar-refractivity contribution in [2.45, 2.75) is 45.6 Å². The number of hydrogen-bond donors (Lipinski definition) is 1. The lowest BCUT2D eigenvalue weighted by atomic mass is 9.96. The van der Waals surface area contributed by atoms with Crippen LogP contribution in [0, 0.1) is 19.8 Å². The summed E-state index contributed by atoms with van der Waals surface area (Å²) in [4.78, 5) is 36.9. The number of carbonyl (C=O) groups is 3. The summed E-state index contributed by atoms with van der Waals surface area (Å²) < 4.78 is 7.38.